The lowest BCUT2D eigenvalue weighted by molar-refractivity contribution is 0.421. The van der Waals surface area contributed by atoms with Gasteiger partial charge in [0.1, 0.15) is 17.6 Å². The summed E-state index contributed by atoms with van der Waals surface area (Å²) in [5, 5.41) is 0. The van der Waals surface area contributed by atoms with Crippen molar-refractivity contribution in [2.45, 2.75) is 26.8 Å². The fraction of sp³-hybridized carbons (Fsp3) is 0.286. The minimum absolute atomic E-state index is 0.210. The highest BCUT2D eigenvalue weighted by Crippen LogP contribution is 2.28. The van der Waals surface area contributed by atoms with Crippen molar-refractivity contribution < 1.29 is 8.81 Å². The molecule has 0 saturated carbocycles. The molecule has 6 heteroatoms. The molecule has 104 valence electrons. The highest BCUT2D eigenvalue weighted by atomic mass is 19.1. The van der Waals surface area contributed by atoms with Crippen LogP contribution in [0.3, 0.4) is 0 Å². The number of oxazole rings is 1. The number of fused-ring (bicyclic) bond motifs is 1. The van der Waals surface area contributed by atoms with Crippen LogP contribution in [0, 0.1) is 19.7 Å². The summed E-state index contributed by atoms with van der Waals surface area (Å²) in [6.07, 6.45) is 1.66. The van der Waals surface area contributed by atoms with Gasteiger partial charge in [0.05, 0.1) is 17.2 Å². The van der Waals surface area contributed by atoms with Crippen LogP contribution in [-0.4, -0.2) is 14.5 Å². The zero-order valence-electron chi connectivity index (χ0n) is 11.5. The van der Waals surface area contributed by atoms with Gasteiger partial charge >= 0.3 is 0 Å². The molecule has 0 aliphatic heterocycles. The maximum atomic E-state index is 13.6. The Morgan fingerprint density at radius 2 is 2.10 bits per heavy atom. The molecule has 1 aromatic carbocycles. The number of anilines is 1. The summed E-state index contributed by atoms with van der Waals surface area (Å²) >= 11 is 0. The molecule has 2 aromatic heterocycles. The predicted octanol–water partition coefficient (Wildman–Crippen LogP) is 2.97. The molecule has 0 aliphatic rings. The number of nitrogen functional groups attached to an aromatic ring is 1. The van der Waals surface area contributed by atoms with E-state index in [1.54, 1.807) is 23.8 Å². The van der Waals surface area contributed by atoms with E-state index in [9.17, 15) is 4.39 Å². The first kappa shape index (κ1) is 12.7. The lowest BCUT2D eigenvalue weighted by Gasteiger charge is -2.12. The molecule has 3 aromatic rings. The van der Waals surface area contributed by atoms with E-state index in [4.69, 9.17) is 10.2 Å². The summed E-state index contributed by atoms with van der Waals surface area (Å²) in [4.78, 5) is 8.41. The number of benzene rings is 1. The zero-order chi connectivity index (χ0) is 14.4. The fourth-order valence-electron chi connectivity index (χ4n) is 2.32. The average molecular weight is 274 g/mol. The molecule has 0 saturated heterocycles. The van der Waals surface area contributed by atoms with Gasteiger partial charge in [-0.2, -0.15) is 0 Å². The first-order chi connectivity index (χ1) is 9.47. The summed E-state index contributed by atoms with van der Waals surface area (Å²) in [6.45, 7) is 5.46. The first-order valence-corrected chi connectivity index (χ1v) is 6.33. The van der Waals surface area contributed by atoms with Crippen LogP contribution in [0.25, 0.3) is 11.0 Å². The van der Waals surface area contributed by atoms with Crippen molar-refractivity contribution >= 4 is 17.0 Å². The molecule has 0 amide bonds. The second-order valence-electron chi connectivity index (χ2n) is 4.92. The normalized spacial score (nSPS) is 13.0. The minimum Gasteiger partial charge on any atom is -0.444 e. The number of imidazole rings is 1. The minimum atomic E-state index is -0.290. The summed E-state index contributed by atoms with van der Waals surface area (Å²) in [7, 11) is 0. The highest BCUT2D eigenvalue weighted by molar-refractivity contribution is 5.79. The molecule has 0 aliphatic carbocycles. The number of nitrogens with two attached hydrogens (primary N) is 1. The Balaban J connectivity index is 2.20. The molecule has 2 N–H and O–H groups in total. The SMILES string of the molecule is Cc1cnc(C(C)n2c(N)nc3cc(F)c(C)cc32)o1. The molecule has 5 nitrogen and oxygen atoms in total. The fourth-order valence-corrected chi connectivity index (χ4v) is 2.32. The van der Waals surface area contributed by atoms with Gasteiger partial charge in [-0.15, -0.1) is 0 Å². The van der Waals surface area contributed by atoms with Crippen LogP contribution in [0.15, 0.2) is 22.7 Å². The number of hydrogen-bond acceptors (Lipinski definition) is 4. The molecule has 0 radical (unpaired) electrons. The summed E-state index contributed by atoms with van der Waals surface area (Å²) < 4.78 is 20.9. The molecule has 0 fully saturated rings. The topological polar surface area (TPSA) is 69.9 Å². The average Bonchev–Trinajstić information content (AvgIpc) is 2.93. The van der Waals surface area contributed by atoms with E-state index in [1.807, 2.05) is 13.8 Å². The lowest BCUT2D eigenvalue weighted by Crippen LogP contribution is -2.10. The summed E-state index contributed by atoms with van der Waals surface area (Å²) in [5.74, 6) is 1.31. The Morgan fingerprint density at radius 3 is 2.75 bits per heavy atom. The van der Waals surface area contributed by atoms with E-state index < -0.39 is 0 Å². The number of nitrogens with zero attached hydrogens (tertiary/aromatic N) is 3. The third-order valence-electron chi connectivity index (χ3n) is 3.38. The predicted molar refractivity (Wildman–Crippen MR) is 73.9 cm³/mol. The van der Waals surface area contributed by atoms with Crippen LogP contribution in [0.1, 0.15) is 30.2 Å². The largest absolute Gasteiger partial charge is 0.444 e. The standard InChI is InChI=1S/C14H15FN4O/c1-7-4-12-11(5-10(7)15)18-14(16)19(12)9(3)13-17-6-8(2)20-13/h4-6,9H,1-3H3,(H2,16,18). The Labute approximate surface area is 115 Å². The van der Waals surface area contributed by atoms with E-state index in [1.165, 1.54) is 6.07 Å². The van der Waals surface area contributed by atoms with E-state index in [-0.39, 0.29) is 11.9 Å². The van der Waals surface area contributed by atoms with Crippen LogP contribution in [0.4, 0.5) is 10.3 Å². The maximum absolute atomic E-state index is 13.6. The zero-order valence-corrected chi connectivity index (χ0v) is 11.5. The van der Waals surface area contributed by atoms with Gasteiger partial charge in [0, 0.05) is 6.07 Å². The second kappa shape index (κ2) is 4.33. The third kappa shape index (κ3) is 1.84. The van der Waals surface area contributed by atoms with Crippen molar-refractivity contribution in [1.82, 2.24) is 14.5 Å². The Hall–Kier alpha value is -2.37. The molecule has 20 heavy (non-hydrogen) atoms. The maximum Gasteiger partial charge on any atom is 0.217 e. The Morgan fingerprint density at radius 1 is 1.35 bits per heavy atom. The van der Waals surface area contributed by atoms with Gasteiger partial charge in [0.2, 0.25) is 11.8 Å². The molecule has 3 rings (SSSR count). The van der Waals surface area contributed by atoms with E-state index in [0.29, 0.717) is 22.9 Å². The van der Waals surface area contributed by atoms with Crippen molar-refractivity contribution in [3.63, 3.8) is 0 Å². The van der Waals surface area contributed by atoms with Crippen LogP contribution >= 0.6 is 0 Å². The van der Waals surface area contributed by atoms with Crippen LogP contribution in [0.2, 0.25) is 0 Å². The van der Waals surface area contributed by atoms with Crippen molar-refractivity contribution in [1.29, 1.82) is 0 Å². The van der Waals surface area contributed by atoms with Crippen molar-refractivity contribution in [3.8, 4) is 0 Å². The van der Waals surface area contributed by atoms with Crippen molar-refractivity contribution in [2.75, 3.05) is 5.73 Å². The molecule has 1 atom stereocenters. The third-order valence-corrected chi connectivity index (χ3v) is 3.38. The number of aromatic nitrogens is 3. The number of rotatable bonds is 2. The molecule has 1 unspecified atom stereocenters. The molecule has 2 heterocycles. The van der Waals surface area contributed by atoms with Gasteiger partial charge in [0.15, 0.2) is 0 Å². The van der Waals surface area contributed by atoms with E-state index in [0.717, 1.165) is 11.3 Å². The monoisotopic (exact) mass is 274 g/mol. The Kier molecular flexibility index (Phi) is 2.74. The van der Waals surface area contributed by atoms with E-state index in [2.05, 4.69) is 9.97 Å². The van der Waals surface area contributed by atoms with Crippen LogP contribution in [0.5, 0.6) is 0 Å². The van der Waals surface area contributed by atoms with Gasteiger partial charge in [-0.25, -0.2) is 14.4 Å². The molecule has 0 spiro atoms. The number of aryl methyl sites for hydroxylation is 2. The highest BCUT2D eigenvalue weighted by Gasteiger charge is 2.20. The van der Waals surface area contributed by atoms with Gasteiger partial charge in [-0.3, -0.25) is 4.57 Å². The van der Waals surface area contributed by atoms with Crippen molar-refractivity contribution in [3.05, 3.63) is 41.4 Å². The number of halogens is 1. The summed E-state index contributed by atoms with van der Waals surface area (Å²) in [5.41, 5.74) is 7.81. The quantitative estimate of drug-likeness (QED) is 0.780. The van der Waals surface area contributed by atoms with Gasteiger partial charge in [0.25, 0.3) is 0 Å². The first-order valence-electron chi connectivity index (χ1n) is 6.33. The van der Waals surface area contributed by atoms with Crippen molar-refractivity contribution in [2.24, 2.45) is 0 Å². The summed E-state index contributed by atoms with van der Waals surface area (Å²) in [6, 6.07) is 2.92. The smallest absolute Gasteiger partial charge is 0.217 e. The van der Waals surface area contributed by atoms with E-state index >= 15 is 0 Å². The molecular formula is C14H15FN4O. The second-order valence-corrected chi connectivity index (χ2v) is 4.92. The van der Waals surface area contributed by atoms with Crippen LogP contribution in [-0.2, 0) is 0 Å². The van der Waals surface area contributed by atoms with Gasteiger partial charge in [-0.05, 0) is 32.4 Å². The van der Waals surface area contributed by atoms with Gasteiger partial charge < -0.3 is 10.2 Å². The van der Waals surface area contributed by atoms with Crippen LogP contribution < -0.4 is 5.73 Å². The number of hydrogen-bond donors (Lipinski definition) is 1. The van der Waals surface area contributed by atoms with Gasteiger partial charge in [-0.1, -0.05) is 0 Å². The lowest BCUT2D eigenvalue weighted by atomic mass is 10.2. The Bertz CT molecular complexity index is 790. The molecule has 0 bridgehead atoms. The molecular weight excluding hydrogens is 259 g/mol.